The molecule has 1 aliphatic heterocycles. The monoisotopic (exact) mass is 306 g/mol. The molecule has 112 valence electrons. The summed E-state index contributed by atoms with van der Waals surface area (Å²) in [6.45, 7) is 2.26. The molecule has 2 N–H and O–H groups in total. The zero-order valence-corrected chi connectivity index (χ0v) is 12.5. The Morgan fingerprint density at radius 1 is 1.29 bits per heavy atom. The van der Waals surface area contributed by atoms with E-state index in [-0.39, 0.29) is 12.0 Å². The van der Waals surface area contributed by atoms with Crippen molar-refractivity contribution >= 4 is 16.5 Å². The molecule has 6 nitrogen and oxygen atoms in total. The van der Waals surface area contributed by atoms with Gasteiger partial charge < -0.3 is 15.2 Å². The number of anilines is 1. The van der Waals surface area contributed by atoms with Crippen molar-refractivity contribution in [2.45, 2.75) is 12.8 Å². The molecule has 0 atom stereocenters. The summed E-state index contributed by atoms with van der Waals surface area (Å²) in [5.74, 6) is 0. The van der Waals surface area contributed by atoms with E-state index in [1.807, 2.05) is 18.2 Å². The largest absolute Gasteiger partial charge is 0.396 e. The van der Waals surface area contributed by atoms with E-state index in [0.717, 1.165) is 28.7 Å². The second-order valence-corrected chi connectivity index (χ2v) is 6.23. The van der Waals surface area contributed by atoms with Crippen LogP contribution in [0.2, 0.25) is 0 Å². The fourth-order valence-electron chi connectivity index (χ4n) is 2.35. The Morgan fingerprint density at radius 2 is 2.14 bits per heavy atom. The molecule has 1 saturated heterocycles. The number of hydrogen-bond acceptors (Lipinski definition) is 7. The molecule has 0 saturated carbocycles. The van der Waals surface area contributed by atoms with E-state index < -0.39 is 0 Å². The maximum Gasteiger partial charge on any atom is 0.206 e. The van der Waals surface area contributed by atoms with Gasteiger partial charge in [-0.25, -0.2) is 0 Å². The van der Waals surface area contributed by atoms with E-state index in [2.05, 4.69) is 20.5 Å². The number of aliphatic hydroxyl groups excluding tert-OH is 1. The third-order valence-electron chi connectivity index (χ3n) is 3.81. The second kappa shape index (κ2) is 6.46. The van der Waals surface area contributed by atoms with Crippen molar-refractivity contribution in [3.63, 3.8) is 0 Å². The lowest BCUT2D eigenvalue weighted by Gasteiger charge is -2.35. The maximum absolute atomic E-state index is 9.66. The molecule has 7 heteroatoms. The van der Waals surface area contributed by atoms with Gasteiger partial charge in [-0.05, 0) is 25.0 Å². The average molecular weight is 306 g/mol. The lowest BCUT2D eigenvalue weighted by atomic mass is 9.81. The molecule has 0 amide bonds. The lowest BCUT2D eigenvalue weighted by Crippen LogP contribution is -2.39. The van der Waals surface area contributed by atoms with Crippen LogP contribution >= 0.6 is 11.3 Å². The Hall–Kier alpha value is -1.57. The molecule has 1 fully saturated rings. The van der Waals surface area contributed by atoms with E-state index in [1.165, 1.54) is 11.3 Å². The van der Waals surface area contributed by atoms with Gasteiger partial charge in [0, 0.05) is 31.4 Å². The van der Waals surface area contributed by atoms with Crippen LogP contribution in [0, 0.1) is 5.41 Å². The SMILES string of the molecule is OCC1(CNc2nnc(-c3ccccn3)s2)CCOCC1. The highest BCUT2D eigenvalue weighted by Gasteiger charge is 2.32. The Balaban J connectivity index is 1.65. The van der Waals surface area contributed by atoms with Crippen LogP contribution in [-0.4, -0.2) is 46.7 Å². The van der Waals surface area contributed by atoms with Crippen molar-refractivity contribution in [1.82, 2.24) is 15.2 Å². The molecule has 0 radical (unpaired) electrons. The molecule has 2 aromatic rings. The average Bonchev–Trinajstić information content (AvgIpc) is 3.04. The Labute approximate surface area is 127 Å². The van der Waals surface area contributed by atoms with Gasteiger partial charge in [-0.2, -0.15) is 0 Å². The van der Waals surface area contributed by atoms with Crippen LogP contribution in [0.25, 0.3) is 10.7 Å². The van der Waals surface area contributed by atoms with Crippen molar-refractivity contribution in [1.29, 1.82) is 0 Å². The van der Waals surface area contributed by atoms with Gasteiger partial charge in [0.15, 0.2) is 5.01 Å². The van der Waals surface area contributed by atoms with Crippen LogP contribution in [0.4, 0.5) is 5.13 Å². The van der Waals surface area contributed by atoms with E-state index >= 15 is 0 Å². The van der Waals surface area contributed by atoms with Crippen molar-refractivity contribution < 1.29 is 9.84 Å². The van der Waals surface area contributed by atoms with Gasteiger partial charge in [0.2, 0.25) is 5.13 Å². The van der Waals surface area contributed by atoms with Gasteiger partial charge in [0.05, 0.1) is 6.61 Å². The van der Waals surface area contributed by atoms with E-state index in [1.54, 1.807) is 6.20 Å². The van der Waals surface area contributed by atoms with E-state index in [9.17, 15) is 5.11 Å². The summed E-state index contributed by atoms with van der Waals surface area (Å²) in [7, 11) is 0. The highest BCUT2D eigenvalue weighted by atomic mass is 32.1. The number of nitrogens with zero attached hydrogens (tertiary/aromatic N) is 3. The Kier molecular flexibility index (Phi) is 4.42. The van der Waals surface area contributed by atoms with Crippen molar-refractivity contribution in [2.24, 2.45) is 5.41 Å². The molecule has 0 bridgehead atoms. The predicted octanol–water partition coefficient (Wildman–Crippen LogP) is 1.80. The van der Waals surface area contributed by atoms with Gasteiger partial charge in [0.25, 0.3) is 0 Å². The molecule has 3 heterocycles. The fraction of sp³-hybridized carbons (Fsp3) is 0.500. The highest BCUT2D eigenvalue weighted by molar-refractivity contribution is 7.18. The number of hydrogen-bond donors (Lipinski definition) is 2. The first-order chi connectivity index (χ1) is 10.3. The summed E-state index contributed by atoms with van der Waals surface area (Å²) >= 11 is 1.48. The number of aromatic nitrogens is 3. The van der Waals surface area contributed by atoms with Gasteiger partial charge in [-0.1, -0.05) is 17.4 Å². The normalized spacial score (nSPS) is 17.6. The highest BCUT2D eigenvalue weighted by Crippen LogP contribution is 2.31. The van der Waals surface area contributed by atoms with E-state index in [4.69, 9.17) is 4.74 Å². The summed E-state index contributed by atoms with van der Waals surface area (Å²) in [4.78, 5) is 4.27. The van der Waals surface area contributed by atoms with Crippen LogP contribution < -0.4 is 5.32 Å². The first-order valence-corrected chi connectivity index (χ1v) is 7.80. The molecular formula is C14H18N4O2S. The van der Waals surface area contributed by atoms with Crippen LogP contribution in [0.15, 0.2) is 24.4 Å². The minimum absolute atomic E-state index is 0.116. The third kappa shape index (κ3) is 3.37. The van der Waals surface area contributed by atoms with Gasteiger partial charge in [-0.3, -0.25) is 4.98 Å². The molecule has 0 aromatic carbocycles. The number of ether oxygens (including phenoxy) is 1. The fourth-order valence-corrected chi connectivity index (χ4v) is 3.06. The summed E-state index contributed by atoms with van der Waals surface area (Å²) in [6, 6.07) is 5.72. The molecule has 21 heavy (non-hydrogen) atoms. The zero-order chi connectivity index (χ0) is 14.5. The van der Waals surface area contributed by atoms with Crippen LogP contribution in [-0.2, 0) is 4.74 Å². The number of pyridine rings is 1. The minimum Gasteiger partial charge on any atom is -0.396 e. The summed E-state index contributed by atoms with van der Waals surface area (Å²) in [5, 5.41) is 22.8. The number of nitrogens with one attached hydrogen (secondary N) is 1. The van der Waals surface area contributed by atoms with Crippen LogP contribution in [0.3, 0.4) is 0 Å². The molecular weight excluding hydrogens is 288 g/mol. The van der Waals surface area contributed by atoms with Gasteiger partial charge >= 0.3 is 0 Å². The number of rotatable bonds is 5. The molecule has 0 spiro atoms. The first kappa shape index (κ1) is 14.4. The summed E-state index contributed by atoms with van der Waals surface area (Å²) in [5.41, 5.74) is 0.709. The second-order valence-electron chi connectivity index (χ2n) is 5.25. The Bertz CT molecular complexity index is 569. The molecule has 1 aliphatic rings. The summed E-state index contributed by atoms with van der Waals surface area (Å²) < 4.78 is 5.37. The summed E-state index contributed by atoms with van der Waals surface area (Å²) in [6.07, 6.45) is 3.47. The Morgan fingerprint density at radius 3 is 2.86 bits per heavy atom. The maximum atomic E-state index is 9.66. The quantitative estimate of drug-likeness (QED) is 0.877. The van der Waals surface area contributed by atoms with Crippen molar-refractivity contribution in [3.8, 4) is 10.7 Å². The molecule has 3 rings (SSSR count). The standard InChI is InChI=1S/C14H18N4O2S/c19-10-14(4-7-20-8-5-14)9-16-13-18-17-12(21-13)11-3-1-2-6-15-11/h1-3,6,19H,4-5,7-10H2,(H,16,18). The van der Waals surface area contributed by atoms with Crippen LogP contribution in [0.5, 0.6) is 0 Å². The van der Waals surface area contributed by atoms with Crippen LogP contribution in [0.1, 0.15) is 12.8 Å². The predicted molar refractivity (Wildman–Crippen MR) is 81.2 cm³/mol. The first-order valence-electron chi connectivity index (χ1n) is 6.99. The smallest absolute Gasteiger partial charge is 0.206 e. The zero-order valence-electron chi connectivity index (χ0n) is 11.7. The minimum atomic E-state index is -0.116. The van der Waals surface area contributed by atoms with E-state index in [0.29, 0.717) is 19.8 Å². The van der Waals surface area contributed by atoms with Gasteiger partial charge in [0.1, 0.15) is 5.69 Å². The number of aliphatic hydroxyl groups is 1. The molecule has 2 aromatic heterocycles. The topological polar surface area (TPSA) is 80.2 Å². The third-order valence-corrected chi connectivity index (χ3v) is 4.72. The molecule has 0 aliphatic carbocycles. The lowest BCUT2D eigenvalue weighted by molar-refractivity contribution is -0.00858. The van der Waals surface area contributed by atoms with Gasteiger partial charge in [-0.15, -0.1) is 10.2 Å². The molecule has 0 unspecified atom stereocenters. The van der Waals surface area contributed by atoms with Crippen molar-refractivity contribution in [2.75, 3.05) is 31.7 Å². The van der Waals surface area contributed by atoms with Crippen molar-refractivity contribution in [3.05, 3.63) is 24.4 Å².